The highest BCUT2D eigenvalue weighted by atomic mass is 16.5. The van der Waals surface area contributed by atoms with Gasteiger partial charge in [-0.25, -0.2) is 0 Å². The van der Waals surface area contributed by atoms with Crippen molar-refractivity contribution in [2.75, 3.05) is 12.4 Å². The number of hydrogen-bond acceptors (Lipinski definition) is 5. The van der Waals surface area contributed by atoms with Gasteiger partial charge in [0.15, 0.2) is 0 Å². The average Bonchev–Trinajstić information content (AvgIpc) is 2.79. The van der Waals surface area contributed by atoms with Gasteiger partial charge < -0.3 is 15.4 Å². The van der Waals surface area contributed by atoms with Crippen LogP contribution in [0.2, 0.25) is 0 Å². The molecule has 2 unspecified atom stereocenters. The number of carbonyl (C=O) groups is 4. The van der Waals surface area contributed by atoms with E-state index >= 15 is 0 Å². The van der Waals surface area contributed by atoms with Crippen molar-refractivity contribution in [2.45, 2.75) is 51.0 Å². The number of hydrogen-bond donors (Lipinski definition) is 3. The Morgan fingerprint density at radius 3 is 2.30 bits per heavy atom. The lowest BCUT2D eigenvalue weighted by atomic mass is 9.72. The van der Waals surface area contributed by atoms with Crippen LogP contribution in [0.4, 0.5) is 5.69 Å². The van der Waals surface area contributed by atoms with Gasteiger partial charge in [0.25, 0.3) is 0 Å². The fourth-order valence-corrected chi connectivity index (χ4v) is 4.17. The molecule has 2 aromatic carbocycles. The third-order valence-corrected chi connectivity index (χ3v) is 6.08. The molecule has 1 aliphatic rings. The molecule has 0 radical (unpaired) electrons. The zero-order valence-corrected chi connectivity index (χ0v) is 19.1. The van der Waals surface area contributed by atoms with E-state index in [-0.39, 0.29) is 30.0 Å². The Morgan fingerprint density at radius 1 is 1.09 bits per heavy atom. The van der Waals surface area contributed by atoms with E-state index in [9.17, 15) is 19.2 Å². The maximum atomic E-state index is 12.7. The highest BCUT2D eigenvalue weighted by Gasteiger charge is 2.42. The number of piperidine rings is 1. The van der Waals surface area contributed by atoms with Crippen molar-refractivity contribution in [3.63, 3.8) is 0 Å². The first-order valence-corrected chi connectivity index (χ1v) is 10.9. The number of nitrogens with one attached hydrogen (secondary N) is 3. The molecular formula is C25H29N3O5. The molecule has 1 heterocycles. The lowest BCUT2D eigenvalue weighted by Crippen LogP contribution is -2.51. The molecule has 3 N–H and O–H groups in total. The number of benzene rings is 2. The van der Waals surface area contributed by atoms with Gasteiger partial charge in [-0.15, -0.1) is 0 Å². The van der Waals surface area contributed by atoms with E-state index in [1.807, 2.05) is 31.2 Å². The van der Waals surface area contributed by atoms with Crippen LogP contribution in [0.1, 0.15) is 56.7 Å². The highest BCUT2D eigenvalue weighted by molar-refractivity contribution is 6.03. The number of carbonyl (C=O) groups excluding carboxylic acids is 4. The summed E-state index contributed by atoms with van der Waals surface area (Å²) in [6, 6.07) is 13.8. The van der Waals surface area contributed by atoms with E-state index in [2.05, 4.69) is 16.0 Å². The van der Waals surface area contributed by atoms with Gasteiger partial charge in [0.05, 0.1) is 25.0 Å². The van der Waals surface area contributed by atoms with Gasteiger partial charge in [0.1, 0.15) is 5.75 Å². The first kappa shape index (κ1) is 24.0. The Balaban J connectivity index is 1.70. The number of methoxy groups -OCH3 is 1. The Morgan fingerprint density at radius 2 is 1.76 bits per heavy atom. The molecule has 2 atom stereocenters. The predicted molar refractivity (Wildman–Crippen MR) is 124 cm³/mol. The van der Waals surface area contributed by atoms with E-state index in [0.29, 0.717) is 30.7 Å². The first-order chi connectivity index (χ1) is 15.8. The molecule has 1 aliphatic heterocycles. The standard InChI is InChI=1S/C25H29N3O5/c1-4-25(14-13-22(30)28-24(25)32)18-7-9-19(10-8-18)27-23(31)15-21(26-16(2)29)17-5-11-20(33-3)12-6-17/h5-12,21H,4,13-15H2,1-3H3,(H,26,29)(H,27,31)(H,28,30,32). The molecule has 1 saturated heterocycles. The van der Waals surface area contributed by atoms with Gasteiger partial charge in [-0.2, -0.15) is 0 Å². The molecule has 0 bridgehead atoms. The van der Waals surface area contributed by atoms with E-state index in [1.54, 1.807) is 31.4 Å². The summed E-state index contributed by atoms with van der Waals surface area (Å²) in [6.07, 6.45) is 1.38. The van der Waals surface area contributed by atoms with Crippen molar-refractivity contribution >= 4 is 29.3 Å². The minimum Gasteiger partial charge on any atom is -0.497 e. The van der Waals surface area contributed by atoms with Crippen LogP contribution in [0.5, 0.6) is 5.75 Å². The molecule has 2 aromatic rings. The van der Waals surface area contributed by atoms with Crippen molar-refractivity contribution in [3.05, 3.63) is 59.7 Å². The second kappa shape index (κ2) is 10.3. The van der Waals surface area contributed by atoms with Crippen LogP contribution in [0.15, 0.2) is 48.5 Å². The highest BCUT2D eigenvalue weighted by Crippen LogP contribution is 2.36. The van der Waals surface area contributed by atoms with Crippen molar-refractivity contribution < 1.29 is 23.9 Å². The molecular weight excluding hydrogens is 422 g/mol. The summed E-state index contributed by atoms with van der Waals surface area (Å²) in [5, 5.41) is 8.09. The molecule has 0 saturated carbocycles. The maximum Gasteiger partial charge on any atom is 0.237 e. The van der Waals surface area contributed by atoms with Crippen LogP contribution in [0.3, 0.4) is 0 Å². The van der Waals surface area contributed by atoms with Gasteiger partial charge >= 0.3 is 0 Å². The predicted octanol–water partition coefficient (Wildman–Crippen LogP) is 2.99. The van der Waals surface area contributed by atoms with E-state index in [4.69, 9.17) is 4.74 Å². The molecule has 0 aliphatic carbocycles. The smallest absolute Gasteiger partial charge is 0.237 e. The van der Waals surface area contributed by atoms with Crippen LogP contribution < -0.4 is 20.7 Å². The fraction of sp³-hybridized carbons (Fsp3) is 0.360. The van der Waals surface area contributed by atoms with Gasteiger partial charge in [-0.05, 0) is 48.2 Å². The monoisotopic (exact) mass is 451 g/mol. The Labute approximate surface area is 193 Å². The number of rotatable bonds is 8. The average molecular weight is 452 g/mol. The van der Waals surface area contributed by atoms with Crippen LogP contribution in [-0.2, 0) is 24.6 Å². The third-order valence-electron chi connectivity index (χ3n) is 6.08. The van der Waals surface area contributed by atoms with Gasteiger partial charge in [0.2, 0.25) is 23.6 Å². The lowest BCUT2D eigenvalue weighted by molar-refractivity contribution is -0.138. The fourth-order valence-electron chi connectivity index (χ4n) is 4.17. The molecule has 174 valence electrons. The number of imide groups is 1. The van der Waals surface area contributed by atoms with Crippen LogP contribution >= 0.6 is 0 Å². The molecule has 0 aromatic heterocycles. The topological polar surface area (TPSA) is 114 Å². The summed E-state index contributed by atoms with van der Waals surface area (Å²) in [7, 11) is 1.57. The summed E-state index contributed by atoms with van der Waals surface area (Å²) in [5.74, 6) is -0.342. The second-order valence-electron chi connectivity index (χ2n) is 8.17. The molecule has 8 heteroatoms. The number of ether oxygens (including phenoxy) is 1. The van der Waals surface area contributed by atoms with E-state index in [0.717, 1.165) is 11.1 Å². The maximum absolute atomic E-state index is 12.7. The molecule has 0 spiro atoms. The minimum absolute atomic E-state index is 0.0527. The van der Waals surface area contributed by atoms with Gasteiger partial charge in [-0.3, -0.25) is 24.5 Å². The summed E-state index contributed by atoms with van der Waals surface area (Å²) >= 11 is 0. The minimum atomic E-state index is -0.749. The Hall–Kier alpha value is -3.68. The molecule has 33 heavy (non-hydrogen) atoms. The first-order valence-electron chi connectivity index (χ1n) is 10.9. The zero-order valence-electron chi connectivity index (χ0n) is 19.1. The summed E-state index contributed by atoms with van der Waals surface area (Å²) < 4.78 is 5.16. The quantitative estimate of drug-likeness (QED) is 0.534. The largest absolute Gasteiger partial charge is 0.497 e. The molecule has 1 fully saturated rings. The number of anilines is 1. The van der Waals surface area contributed by atoms with Crippen LogP contribution in [-0.4, -0.2) is 30.7 Å². The van der Waals surface area contributed by atoms with Crippen LogP contribution in [0, 0.1) is 0 Å². The second-order valence-corrected chi connectivity index (χ2v) is 8.17. The van der Waals surface area contributed by atoms with Gasteiger partial charge in [0, 0.05) is 19.0 Å². The summed E-state index contributed by atoms with van der Waals surface area (Å²) in [5.41, 5.74) is 1.43. The lowest BCUT2D eigenvalue weighted by Gasteiger charge is -2.35. The van der Waals surface area contributed by atoms with Crippen LogP contribution in [0.25, 0.3) is 0 Å². The van der Waals surface area contributed by atoms with E-state index < -0.39 is 11.5 Å². The van der Waals surface area contributed by atoms with E-state index in [1.165, 1.54) is 6.92 Å². The normalized spacial score (nSPS) is 18.8. The Bertz CT molecular complexity index is 1030. The van der Waals surface area contributed by atoms with Gasteiger partial charge in [-0.1, -0.05) is 31.2 Å². The molecule has 8 nitrogen and oxygen atoms in total. The molecule has 4 amide bonds. The Kier molecular flexibility index (Phi) is 7.48. The number of amides is 4. The van der Waals surface area contributed by atoms with Crippen molar-refractivity contribution in [1.29, 1.82) is 0 Å². The van der Waals surface area contributed by atoms with Crippen molar-refractivity contribution in [3.8, 4) is 5.75 Å². The zero-order chi connectivity index (χ0) is 24.0. The van der Waals surface area contributed by atoms with Crippen molar-refractivity contribution in [1.82, 2.24) is 10.6 Å². The summed E-state index contributed by atoms with van der Waals surface area (Å²) in [6.45, 7) is 3.33. The van der Waals surface area contributed by atoms with Crippen molar-refractivity contribution in [2.24, 2.45) is 0 Å². The molecule has 3 rings (SSSR count). The third kappa shape index (κ3) is 5.58. The SMILES string of the molecule is CCC1(c2ccc(NC(=O)CC(NC(C)=O)c3ccc(OC)cc3)cc2)CCC(=O)NC1=O. The summed E-state index contributed by atoms with van der Waals surface area (Å²) in [4.78, 5) is 48.5.